The molecule has 0 aliphatic heterocycles. The molecule has 1 rings (SSSR count). The second-order valence-electron chi connectivity index (χ2n) is 3.56. The number of halogens is 2. The number of benzene rings is 1. The number of nitrogens with zero attached hydrogens (tertiary/aromatic N) is 1. The van der Waals surface area contributed by atoms with Crippen molar-refractivity contribution in [3.63, 3.8) is 0 Å². The maximum absolute atomic E-state index is 13.0. The van der Waals surface area contributed by atoms with Crippen LogP contribution in [-0.2, 0) is 0 Å². The molecule has 0 bridgehead atoms. The molecule has 0 saturated carbocycles. The second-order valence-corrected chi connectivity index (χ2v) is 3.87. The Morgan fingerprint density at radius 1 is 1.65 bits per heavy atom. The van der Waals surface area contributed by atoms with E-state index in [0.29, 0.717) is 5.56 Å². The van der Waals surface area contributed by atoms with Gasteiger partial charge in [0, 0.05) is 6.54 Å². The molecule has 1 aromatic carbocycles. The molecule has 1 aromatic rings. The highest BCUT2D eigenvalue weighted by Crippen LogP contribution is 2.29. The fourth-order valence-electron chi connectivity index (χ4n) is 1.37. The van der Waals surface area contributed by atoms with Crippen LogP contribution >= 0.6 is 11.6 Å². The third-order valence-corrected chi connectivity index (χ3v) is 2.52. The van der Waals surface area contributed by atoms with Crippen molar-refractivity contribution >= 4 is 23.0 Å². The van der Waals surface area contributed by atoms with Gasteiger partial charge in [-0.1, -0.05) is 0 Å². The van der Waals surface area contributed by atoms with Gasteiger partial charge in [0.2, 0.25) is 0 Å². The average molecular weight is 263 g/mol. The Hall–Kier alpha value is -1.40. The molecule has 0 fully saturated rings. The first-order valence-electron chi connectivity index (χ1n) is 4.88. The zero-order valence-electron chi connectivity index (χ0n) is 9.11. The molecule has 7 heteroatoms. The van der Waals surface area contributed by atoms with E-state index in [0.717, 1.165) is 6.07 Å². The van der Waals surface area contributed by atoms with E-state index in [1.54, 1.807) is 6.92 Å². The predicted octanol–water partition coefficient (Wildman–Crippen LogP) is 2.05. The van der Waals surface area contributed by atoms with Crippen molar-refractivity contribution in [2.75, 3.05) is 17.7 Å². The largest absolute Gasteiger partial charge is 0.390 e. The van der Waals surface area contributed by atoms with E-state index in [9.17, 15) is 19.6 Å². The lowest BCUT2D eigenvalue weighted by molar-refractivity contribution is -0.384. The number of aryl methyl sites for hydroxylation is 1. The first-order chi connectivity index (χ1) is 7.95. The van der Waals surface area contributed by atoms with Crippen molar-refractivity contribution in [2.24, 2.45) is 0 Å². The highest BCUT2D eigenvalue weighted by atomic mass is 35.5. The van der Waals surface area contributed by atoms with Gasteiger partial charge in [-0.2, -0.15) is 0 Å². The Balaban J connectivity index is 3.00. The number of rotatable bonds is 5. The fourth-order valence-corrected chi connectivity index (χ4v) is 1.48. The zero-order chi connectivity index (χ0) is 13.0. The van der Waals surface area contributed by atoms with E-state index in [1.165, 1.54) is 6.07 Å². The van der Waals surface area contributed by atoms with Gasteiger partial charge in [0.15, 0.2) is 0 Å². The maximum atomic E-state index is 13.0. The van der Waals surface area contributed by atoms with Crippen molar-refractivity contribution in [1.82, 2.24) is 0 Å². The molecule has 0 aliphatic rings. The van der Waals surface area contributed by atoms with Crippen LogP contribution in [0.2, 0.25) is 0 Å². The second kappa shape index (κ2) is 5.79. The summed E-state index contributed by atoms with van der Waals surface area (Å²) in [5.74, 6) is -0.654. The molecule has 1 unspecified atom stereocenters. The highest BCUT2D eigenvalue weighted by Gasteiger charge is 2.18. The number of nitro benzene ring substituents is 1. The molecule has 1 atom stereocenters. The number of hydrogen-bond acceptors (Lipinski definition) is 4. The molecule has 0 spiro atoms. The SMILES string of the molecule is Cc1cc(F)cc([N+](=O)[O-])c1NCC(O)CCl. The maximum Gasteiger partial charge on any atom is 0.295 e. The van der Waals surface area contributed by atoms with Crippen LogP contribution in [-0.4, -0.2) is 28.6 Å². The topological polar surface area (TPSA) is 75.4 Å². The van der Waals surface area contributed by atoms with E-state index < -0.39 is 16.8 Å². The van der Waals surface area contributed by atoms with Gasteiger partial charge in [-0.05, 0) is 18.6 Å². The molecule has 0 radical (unpaired) electrons. The number of anilines is 1. The first-order valence-corrected chi connectivity index (χ1v) is 5.41. The number of nitrogens with one attached hydrogen (secondary N) is 1. The Bertz CT molecular complexity index is 428. The number of hydrogen-bond donors (Lipinski definition) is 2. The Labute approximate surface area is 102 Å². The minimum Gasteiger partial charge on any atom is -0.390 e. The molecular weight excluding hydrogens is 251 g/mol. The minimum absolute atomic E-state index is 0.0149. The van der Waals surface area contributed by atoms with Crippen molar-refractivity contribution < 1.29 is 14.4 Å². The monoisotopic (exact) mass is 262 g/mol. The van der Waals surface area contributed by atoms with Crippen LogP contribution < -0.4 is 5.32 Å². The van der Waals surface area contributed by atoms with Crippen molar-refractivity contribution in [3.8, 4) is 0 Å². The van der Waals surface area contributed by atoms with E-state index in [1.807, 2.05) is 0 Å². The van der Waals surface area contributed by atoms with E-state index in [-0.39, 0.29) is 23.8 Å². The van der Waals surface area contributed by atoms with Gasteiger partial charge < -0.3 is 10.4 Å². The average Bonchev–Trinajstić information content (AvgIpc) is 2.26. The summed E-state index contributed by atoms with van der Waals surface area (Å²) in [5.41, 5.74) is 0.239. The summed E-state index contributed by atoms with van der Waals surface area (Å²) in [7, 11) is 0. The lowest BCUT2D eigenvalue weighted by Crippen LogP contribution is -2.21. The fraction of sp³-hybridized carbons (Fsp3) is 0.400. The van der Waals surface area contributed by atoms with Crippen molar-refractivity contribution in [1.29, 1.82) is 0 Å². The molecular formula is C10H12ClFN2O3. The zero-order valence-corrected chi connectivity index (χ0v) is 9.87. The summed E-state index contributed by atoms with van der Waals surface area (Å²) in [4.78, 5) is 10.1. The Morgan fingerprint density at radius 2 is 2.29 bits per heavy atom. The quantitative estimate of drug-likeness (QED) is 0.484. The molecule has 0 aliphatic carbocycles. The van der Waals surface area contributed by atoms with Gasteiger partial charge in [-0.25, -0.2) is 4.39 Å². The van der Waals surface area contributed by atoms with Gasteiger partial charge in [-0.3, -0.25) is 10.1 Å². The standard InChI is InChI=1S/C10H12ClFN2O3/c1-6-2-7(12)3-9(14(16)17)10(6)13-5-8(15)4-11/h2-3,8,13,15H,4-5H2,1H3. The van der Waals surface area contributed by atoms with Crippen molar-refractivity contribution in [3.05, 3.63) is 33.6 Å². The first kappa shape index (κ1) is 13.7. The van der Waals surface area contributed by atoms with Crippen LogP contribution in [0.5, 0.6) is 0 Å². The lowest BCUT2D eigenvalue weighted by atomic mass is 10.1. The van der Waals surface area contributed by atoms with Crippen LogP contribution in [0.15, 0.2) is 12.1 Å². The van der Waals surface area contributed by atoms with Crippen LogP contribution in [0.3, 0.4) is 0 Å². The van der Waals surface area contributed by atoms with E-state index in [2.05, 4.69) is 5.32 Å². The number of aliphatic hydroxyl groups is 1. The van der Waals surface area contributed by atoms with Crippen LogP contribution in [0, 0.1) is 22.9 Å². The summed E-state index contributed by atoms with van der Waals surface area (Å²) >= 11 is 5.40. The molecule has 0 heterocycles. The highest BCUT2D eigenvalue weighted by molar-refractivity contribution is 6.18. The van der Waals surface area contributed by atoms with Gasteiger partial charge in [0.05, 0.1) is 23.0 Å². The minimum atomic E-state index is -0.819. The molecule has 2 N–H and O–H groups in total. The lowest BCUT2D eigenvalue weighted by Gasteiger charge is -2.12. The van der Waals surface area contributed by atoms with Gasteiger partial charge in [0.1, 0.15) is 11.5 Å². The third kappa shape index (κ3) is 3.54. The van der Waals surface area contributed by atoms with Crippen molar-refractivity contribution in [2.45, 2.75) is 13.0 Å². The number of alkyl halides is 1. The summed E-state index contributed by atoms with van der Waals surface area (Å²) in [6, 6.07) is 2.02. The van der Waals surface area contributed by atoms with Crippen LogP contribution in [0.4, 0.5) is 15.8 Å². The summed E-state index contributed by atoms with van der Waals surface area (Å²) in [6.07, 6.45) is -0.819. The van der Waals surface area contributed by atoms with Gasteiger partial charge in [0.25, 0.3) is 5.69 Å². The molecule has 94 valence electrons. The Morgan fingerprint density at radius 3 is 2.82 bits per heavy atom. The molecule has 17 heavy (non-hydrogen) atoms. The van der Waals surface area contributed by atoms with Crippen LogP contribution in [0.1, 0.15) is 5.56 Å². The third-order valence-electron chi connectivity index (χ3n) is 2.17. The van der Waals surface area contributed by atoms with E-state index in [4.69, 9.17) is 11.6 Å². The van der Waals surface area contributed by atoms with E-state index >= 15 is 0 Å². The summed E-state index contributed by atoms with van der Waals surface area (Å²) in [5, 5.41) is 22.7. The smallest absolute Gasteiger partial charge is 0.295 e. The molecule has 0 saturated heterocycles. The Kier molecular flexibility index (Phi) is 4.65. The summed E-state index contributed by atoms with van der Waals surface area (Å²) < 4.78 is 13.0. The number of nitro groups is 1. The predicted molar refractivity (Wildman–Crippen MR) is 63.0 cm³/mol. The summed E-state index contributed by atoms with van der Waals surface area (Å²) in [6.45, 7) is 1.61. The van der Waals surface area contributed by atoms with Crippen LogP contribution in [0.25, 0.3) is 0 Å². The molecule has 0 amide bonds. The normalized spacial score (nSPS) is 12.2. The van der Waals surface area contributed by atoms with Gasteiger partial charge in [-0.15, -0.1) is 11.6 Å². The molecule has 5 nitrogen and oxygen atoms in total. The van der Waals surface area contributed by atoms with Gasteiger partial charge >= 0.3 is 0 Å². The molecule has 0 aromatic heterocycles. The number of aliphatic hydroxyl groups excluding tert-OH is 1.